The van der Waals surface area contributed by atoms with Crippen LogP contribution in [0.5, 0.6) is 0 Å². The normalized spacial score (nSPS) is 17.2. The first-order valence-corrected chi connectivity index (χ1v) is 6.00. The smallest absolute Gasteiger partial charge is 0.382 e. The van der Waals surface area contributed by atoms with E-state index >= 15 is 0 Å². The zero-order chi connectivity index (χ0) is 14.9. The lowest BCUT2D eigenvalue weighted by Crippen LogP contribution is -2.46. The van der Waals surface area contributed by atoms with Crippen LogP contribution in [0.15, 0.2) is 12.3 Å². The van der Waals surface area contributed by atoms with Gasteiger partial charge in [0, 0.05) is 31.3 Å². The molecule has 0 aliphatic carbocycles. The molecular weight excluding hydrogens is 277 g/mol. The quantitative estimate of drug-likeness (QED) is 0.833. The van der Waals surface area contributed by atoms with Gasteiger partial charge in [-0.05, 0) is 12.8 Å². The minimum Gasteiger partial charge on any atom is -0.382 e. The van der Waals surface area contributed by atoms with Crippen LogP contribution in [-0.2, 0) is 4.79 Å². The fraction of sp³-hybridized carbons (Fsp3) is 0.545. The SMILES string of the molecule is Nc1ccn(C(=O)C2CCN(C(=O)C(F)(F)F)CC2)n1. The predicted molar refractivity (Wildman–Crippen MR) is 62.6 cm³/mol. The molecule has 1 saturated heterocycles. The Balaban J connectivity index is 1.95. The highest BCUT2D eigenvalue weighted by Gasteiger charge is 2.43. The molecule has 1 aromatic rings. The Morgan fingerprint density at radius 2 is 1.90 bits per heavy atom. The number of piperidine rings is 1. The van der Waals surface area contributed by atoms with E-state index in [1.54, 1.807) is 0 Å². The van der Waals surface area contributed by atoms with Gasteiger partial charge in [-0.3, -0.25) is 9.59 Å². The first-order chi connectivity index (χ1) is 9.29. The van der Waals surface area contributed by atoms with Crippen LogP contribution >= 0.6 is 0 Å². The van der Waals surface area contributed by atoms with Gasteiger partial charge in [0.1, 0.15) is 5.82 Å². The lowest BCUT2D eigenvalue weighted by molar-refractivity contribution is -0.186. The van der Waals surface area contributed by atoms with E-state index in [1.807, 2.05) is 0 Å². The fourth-order valence-electron chi connectivity index (χ4n) is 2.16. The van der Waals surface area contributed by atoms with Crippen molar-refractivity contribution in [2.24, 2.45) is 5.92 Å². The molecule has 0 atom stereocenters. The number of hydrogen-bond acceptors (Lipinski definition) is 4. The Labute approximate surface area is 112 Å². The summed E-state index contributed by atoms with van der Waals surface area (Å²) in [6.45, 7) is -0.184. The summed E-state index contributed by atoms with van der Waals surface area (Å²) in [5.41, 5.74) is 5.39. The van der Waals surface area contributed by atoms with Gasteiger partial charge < -0.3 is 10.6 Å². The van der Waals surface area contributed by atoms with E-state index in [1.165, 1.54) is 12.3 Å². The molecule has 1 aromatic heterocycles. The minimum atomic E-state index is -4.87. The summed E-state index contributed by atoms with van der Waals surface area (Å²) in [4.78, 5) is 23.8. The summed E-state index contributed by atoms with van der Waals surface area (Å²) in [7, 11) is 0. The van der Waals surface area contributed by atoms with Crippen molar-refractivity contribution in [1.29, 1.82) is 0 Å². The molecule has 0 saturated carbocycles. The van der Waals surface area contributed by atoms with Gasteiger partial charge in [-0.15, -0.1) is 5.10 Å². The van der Waals surface area contributed by atoms with Gasteiger partial charge in [0.25, 0.3) is 0 Å². The van der Waals surface area contributed by atoms with Gasteiger partial charge in [0.05, 0.1) is 0 Å². The summed E-state index contributed by atoms with van der Waals surface area (Å²) in [6.07, 6.45) is -3.10. The average Bonchev–Trinajstić information content (AvgIpc) is 2.83. The standard InChI is InChI=1S/C11H13F3N4O2/c12-11(13,14)10(20)17-4-1-7(2-5-17)9(19)18-6-3-8(15)16-18/h3,6-7H,1-2,4-5H2,(H2,15,16). The molecule has 2 rings (SSSR count). The van der Waals surface area contributed by atoms with Crippen molar-refractivity contribution in [3.8, 4) is 0 Å². The van der Waals surface area contributed by atoms with E-state index in [9.17, 15) is 22.8 Å². The Hall–Kier alpha value is -2.06. The van der Waals surface area contributed by atoms with E-state index in [-0.39, 0.29) is 37.7 Å². The van der Waals surface area contributed by atoms with Crippen molar-refractivity contribution in [1.82, 2.24) is 14.7 Å². The predicted octanol–water partition coefficient (Wildman–Crippen LogP) is 0.906. The molecule has 6 nitrogen and oxygen atoms in total. The van der Waals surface area contributed by atoms with Crippen LogP contribution in [0.3, 0.4) is 0 Å². The summed E-state index contributed by atoms with van der Waals surface area (Å²) in [5.74, 6) is -2.43. The van der Waals surface area contributed by atoms with Crippen LogP contribution in [0.25, 0.3) is 0 Å². The maximum absolute atomic E-state index is 12.3. The number of carbonyl (C=O) groups is 2. The second-order valence-corrected chi connectivity index (χ2v) is 4.59. The van der Waals surface area contributed by atoms with E-state index in [0.29, 0.717) is 0 Å². The zero-order valence-corrected chi connectivity index (χ0v) is 10.4. The van der Waals surface area contributed by atoms with Crippen molar-refractivity contribution in [2.45, 2.75) is 19.0 Å². The number of halogens is 3. The lowest BCUT2D eigenvalue weighted by Gasteiger charge is -2.31. The summed E-state index contributed by atoms with van der Waals surface area (Å²) >= 11 is 0. The van der Waals surface area contributed by atoms with Gasteiger partial charge >= 0.3 is 12.1 Å². The number of carbonyl (C=O) groups excluding carboxylic acids is 2. The van der Waals surface area contributed by atoms with Crippen molar-refractivity contribution < 1.29 is 22.8 Å². The Kier molecular flexibility index (Phi) is 3.69. The Morgan fingerprint density at radius 1 is 1.30 bits per heavy atom. The van der Waals surface area contributed by atoms with Gasteiger partial charge in [-0.2, -0.15) is 13.2 Å². The highest BCUT2D eigenvalue weighted by molar-refractivity contribution is 5.83. The molecule has 1 fully saturated rings. The third-order valence-corrected chi connectivity index (χ3v) is 3.21. The summed E-state index contributed by atoms with van der Waals surface area (Å²) < 4.78 is 37.9. The molecule has 2 N–H and O–H groups in total. The van der Waals surface area contributed by atoms with Crippen LogP contribution in [0.2, 0.25) is 0 Å². The zero-order valence-electron chi connectivity index (χ0n) is 10.4. The number of rotatable bonds is 1. The topological polar surface area (TPSA) is 81.2 Å². The molecule has 110 valence electrons. The number of nitrogen functional groups attached to an aromatic ring is 1. The molecule has 1 aliphatic heterocycles. The van der Waals surface area contributed by atoms with Crippen molar-refractivity contribution in [3.63, 3.8) is 0 Å². The van der Waals surface area contributed by atoms with Crippen molar-refractivity contribution in [3.05, 3.63) is 12.3 Å². The van der Waals surface area contributed by atoms with Crippen molar-refractivity contribution in [2.75, 3.05) is 18.8 Å². The van der Waals surface area contributed by atoms with Gasteiger partial charge in [-0.1, -0.05) is 0 Å². The molecule has 0 spiro atoms. The molecule has 1 amide bonds. The van der Waals surface area contributed by atoms with Crippen molar-refractivity contribution >= 4 is 17.6 Å². The van der Waals surface area contributed by atoms with Crippen LogP contribution in [0, 0.1) is 5.92 Å². The summed E-state index contributed by atoms with van der Waals surface area (Å²) in [5, 5.41) is 3.76. The fourth-order valence-corrected chi connectivity index (χ4v) is 2.16. The first kappa shape index (κ1) is 14.4. The number of anilines is 1. The number of nitrogens with two attached hydrogens (primary N) is 1. The van der Waals surface area contributed by atoms with E-state index < -0.39 is 18.0 Å². The number of aromatic nitrogens is 2. The number of hydrogen-bond donors (Lipinski definition) is 1. The van der Waals surface area contributed by atoms with E-state index in [2.05, 4.69) is 5.10 Å². The number of nitrogens with zero attached hydrogens (tertiary/aromatic N) is 3. The average molecular weight is 290 g/mol. The number of likely N-dealkylation sites (tertiary alicyclic amines) is 1. The summed E-state index contributed by atoms with van der Waals surface area (Å²) in [6, 6.07) is 1.46. The molecule has 1 aliphatic rings. The number of amides is 1. The maximum Gasteiger partial charge on any atom is 0.471 e. The van der Waals surface area contributed by atoms with Crippen LogP contribution in [-0.4, -0.2) is 45.8 Å². The monoisotopic (exact) mass is 290 g/mol. The van der Waals surface area contributed by atoms with Crippen LogP contribution < -0.4 is 5.73 Å². The highest BCUT2D eigenvalue weighted by atomic mass is 19.4. The third-order valence-electron chi connectivity index (χ3n) is 3.21. The van der Waals surface area contributed by atoms with E-state index in [4.69, 9.17) is 5.73 Å². The van der Waals surface area contributed by atoms with Crippen LogP contribution in [0.4, 0.5) is 19.0 Å². The molecule has 0 bridgehead atoms. The first-order valence-electron chi connectivity index (χ1n) is 6.00. The highest BCUT2D eigenvalue weighted by Crippen LogP contribution is 2.24. The maximum atomic E-state index is 12.3. The minimum absolute atomic E-state index is 0.0918. The van der Waals surface area contributed by atoms with E-state index in [0.717, 1.165) is 9.58 Å². The Morgan fingerprint density at radius 3 is 2.35 bits per heavy atom. The second-order valence-electron chi connectivity index (χ2n) is 4.59. The molecule has 0 unspecified atom stereocenters. The molecule has 9 heteroatoms. The molecule has 20 heavy (non-hydrogen) atoms. The Bertz CT molecular complexity index is 518. The molecule has 2 heterocycles. The second kappa shape index (κ2) is 5.14. The molecular formula is C11H13F3N4O2. The molecule has 0 radical (unpaired) electrons. The lowest BCUT2D eigenvalue weighted by atomic mass is 9.96. The largest absolute Gasteiger partial charge is 0.471 e. The number of alkyl halides is 3. The van der Waals surface area contributed by atoms with Gasteiger partial charge in [0.15, 0.2) is 0 Å². The van der Waals surface area contributed by atoms with Gasteiger partial charge in [0.2, 0.25) is 5.91 Å². The van der Waals surface area contributed by atoms with Gasteiger partial charge in [-0.25, -0.2) is 4.68 Å². The van der Waals surface area contributed by atoms with Crippen LogP contribution in [0.1, 0.15) is 17.6 Å². The molecule has 0 aromatic carbocycles. The third kappa shape index (κ3) is 2.91.